The van der Waals surface area contributed by atoms with Gasteiger partial charge < -0.3 is 14.2 Å². The fourth-order valence-corrected chi connectivity index (χ4v) is 8.39. The summed E-state index contributed by atoms with van der Waals surface area (Å²) in [5, 5.41) is 0. The van der Waals surface area contributed by atoms with E-state index in [0.29, 0.717) is 19.3 Å². The Balaban J connectivity index is 4.18. The van der Waals surface area contributed by atoms with Gasteiger partial charge >= 0.3 is 17.9 Å². The standard InChI is InChI=1S/C68H114O6/c1-4-7-10-13-16-18-20-22-24-26-28-30-32-34-36-38-40-42-44-46-48-50-52-55-58-61-67(70)73-64-65(63-72-66(69)60-57-54-15-12-9-6-3)74-68(71)62-59-56-53-51-49-47-45-43-41-39-37-35-33-31-29-27-25-23-21-19-17-14-11-8-5-2/h7,10,16,18,21-24,27-30,33-36,40,42,65H,4-6,8-9,11-15,17,19-20,25-26,31-32,37-39,41,43-64H2,1-3H3/b10-7-,18-16-,23-21-,24-22-,29-27-,30-28-,35-33-,36-34-,42-40-. The number of carbonyl (C=O) groups is 3. The summed E-state index contributed by atoms with van der Waals surface area (Å²) < 4.78 is 16.8. The van der Waals surface area contributed by atoms with Crippen molar-refractivity contribution >= 4 is 17.9 Å². The molecule has 1 unspecified atom stereocenters. The molecule has 0 saturated heterocycles. The van der Waals surface area contributed by atoms with Crippen molar-refractivity contribution in [3.8, 4) is 0 Å². The highest BCUT2D eigenvalue weighted by Gasteiger charge is 2.19. The van der Waals surface area contributed by atoms with E-state index in [1.807, 2.05) is 0 Å². The van der Waals surface area contributed by atoms with Crippen molar-refractivity contribution < 1.29 is 28.6 Å². The second-order valence-corrected chi connectivity index (χ2v) is 20.2. The summed E-state index contributed by atoms with van der Waals surface area (Å²) in [6, 6.07) is 0. The van der Waals surface area contributed by atoms with Gasteiger partial charge in [0.05, 0.1) is 0 Å². The molecule has 0 heterocycles. The van der Waals surface area contributed by atoms with Gasteiger partial charge in [0.2, 0.25) is 0 Å². The molecule has 0 radical (unpaired) electrons. The van der Waals surface area contributed by atoms with Gasteiger partial charge in [-0.1, -0.05) is 265 Å². The van der Waals surface area contributed by atoms with Crippen LogP contribution in [0, 0.1) is 0 Å². The van der Waals surface area contributed by atoms with Crippen molar-refractivity contribution in [3.63, 3.8) is 0 Å². The normalized spacial score (nSPS) is 12.9. The molecule has 74 heavy (non-hydrogen) atoms. The van der Waals surface area contributed by atoms with Gasteiger partial charge in [-0.3, -0.25) is 14.4 Å². The fourth-order valence-electron chi connectivity index (χ4n) is 8.39. The largest absolute Gasteiger partial charge is 0.462 e. The smallest absolute Gasteiger partial charge is 0.306 e. The maximum Gasteiger partial charge on any atom is 0.306 e. The Hall–Kier alpha value is -3.93. The highest BCUT2D eigenvalue weighted by molar-refractivity contribution is 5.71. The fraction of sp³-hybridized carbons (Fsp3) is 0.691. The van der Waals surface area contributed by atoms with E-state index in [1.54, 1.807) is 0 Å². The molecule has 0 aromatic carbocycles. The van der Waals surface area contributed by atoms with Crippen LogP contribution < -0.4 is 0 Å². The Kier molecular flexibility index (Phi) is 58.3. The van der Waals surface area contributed by atoms with E-state index in [0.717, 1.165) is 122 Å². The molecule has 6 heteroatoms. The summed E-state index contributed by atoms with van der Waals surface area (Å²) in [5.74, 6) is -0.911. The Morgan fingerprint density at radius 3 is 0.824 bits per heavy atom. The molecule has 6 nitrogen and oxygen atoms in total. The van der Waals surface area contributed by atoms with Crippen LogP contribution in [0.2, 0.25) is 0 Å². The lowest BCUT2D eigenvalue weighted by Crippen LogP contribution is -2.30. The van der Waals surface area contributed by atoms with Gasteiger partial charge in [-0.2, -0.15) is 0 Å². The summed E-state index contributed by atoms with van der Waals surface area (Å²) >= 11 is 0. The monoisotopic (exact) mass is 1030 g/mol. The lowest BCUT2D eigenvalue weighted by Gasteiger charge is -2.18. The van der Waals surface area contributed by atoms with Gasteiger partial charge in [0, 0.05) is 19.3 Å². The molecule has 422 valence electrons. The van der Waals surface area contributed by atoms with E-state index in [2.05, 4.69) is 130 Å². The third kappa shape index (κ3) is 59.0. The van der Waals surface area contributed by atoms with E-state index in [1.165, 1.54) is 122 Å². The molecule has 0 rings (SSSR count). The molecule has 0 N–H and O–H groups in total. The zero-order valence-electron chi connectivity index (χ0n) is 48.3. The summed E-state index contributed by atoms with van der Waals surface area (Å²) in [4.78, 5) is 38.0. The minimum Gasteiger partial charge on any atom is -0.462 e. The molecule has 0 aliphatic heterocycles. The van der Waals surface area contributed by atoms with Gasteiger partial charge in [-0.05, 0) is 109 Å². The number of rotatable bonds is 55. The van der Waals surface area contributed by atoms with Gasteiger partial charge in [0.25, 0.3) is 0 Å². The van der Waals surface area contributed by atoms with E-state index < -0.39 is 6.10 Å². The Morgan fingerprint density at radius 2 is 0.527 bits per heavy atom. The molecule has 0 bridgehead atoms. The summed E-state index contributed by atoms with van der Waals surface area (Å²) in [5.41, 5.74) is 0. The van der Waals surface area contributed by atoms with Gasteiger partial charge in [-0.15, -0.1) is 0 Å². The highest BCUT2D eigenvalue weighted by atomic mass is 16.6. The summed E-state index contributed by atoms with van der Waals surface area (Å²) in [7, 11) is 0. The van der Waals surface area contributed by atoms with Crippen LogP contribution in [0.4, 0.5) is 0 Å². The first-order valence-corrected chi connectivity index (χ1v) is 30.9. The molecule has 0 aliphatic rings. The predicted molar refractivity (Wildman–Crippen MR) is 320 cm³/mol. The topological polar surface area (TPSA) is 78.9 Å². The molecule has 0 spiro atoms. The molecule has 0 saturated carbocycles. The SMILES string of the molecule is CC/C=C\C/C=C\C/C=C\C/C=C\C/C=C\C/C=C\CCCCCCCCC(=O)OCC(COC(=O)CCCCCCCC)OC(=O)CCCCCCCCCCCC/C=C\C/C=C\C/C=C\CCCCCCC. The quantitative estimate of drug-likeness (QED) is 0.0261. The van der Waals surface area contributed by atoms with Crippen LogP contribution in [0.5, 0.6) is 0 Å². The van der Waals surface area contributed by atoms with Crippen LogP contribution >= 0.6 is 0 Å². The van der Waals surface area contributed by atoms with Crippen molar-refractivity contribution in [2.24, 2.45) is 0 Å². The second-order valence-electron chi connectivity index (χ2n) is 20.2. The van der Waals surface area contributed by atoms with E-state index >= 15 is 0 Å². The van der Waals surface area contributed by atoms with Crippen LogP contribution in [-0.4, -0.2) is 37.2 Å². The average molecular weight is 1030 g/mol. The highest BCUT2D eigenvalue weighted by Crippen LogP contribution is 2.15. The number of esters is 3. The summed E-state index contributed by atoms with van der Waals surface area (Å²) in [6.07, 6.45) is 84.0. The van der Waals surface area contributed by atoms with E-state index in [9.17, 15) is 14.4 Å². The van der Waals surface area contributed by atoms with E-state index in [-0.39, 0.29) is 31.1 Å². The average Bonchev–Trinajstić information content (AvgIpc) is 3.40. The molecule has 0 fully saturated rings. The summed E-state index contributed by atoms with van der Waals surface area (Å²) in [6.45, 7) is 6.45. The molecule has 0 aromatic rings. The maximum absolute atomic E-state index is 12.8. The third-order valence-corrected chi connectivity index (χ3v) is 13.0. The van der Waals surface area contributed by atoms with Crippen molar-refractivity contribution in [2.75, 3.05) is 13.2 Å². The van der Waals surface area contributed by atoms with Crippen LogP contribution in [0.15, 0.2) is 109 Å². The minimum atomic E-state index is -0.786. The Bertz CT molecular complexity index is 1510. The number of carbonyl (C=O) groups excluding carboxylic acids is 3. The van der Waals surface area contributed by atoms with Gasteiger partial charge in [0.15, 0.2) is 6.10 Å². The minimum absolute atomic E-state index is 0.0851. The number of unbranched alkanes of at least 4 members (excludes halogenated alkanes) is 26. The molecular formula is C68H114O6. The third-order valence-electron chi connectivity index (χ3n) is 13.0. The van der Waals surface area contributed by atoms with Crippen LogP contribution in [0.3, 0.4) is 0 Å². The molecule has 1 atom stereocenters. The molecule has 0 amide bonds. The Morgan fingerprint density at radius 1 is 0.284 bits per heavy atom. The number of allylic oxidation sites excluding steroid dienone is 18. The number of ether oxygens (including phenoxy) is 3. The maximum atomic E-state index is 12.8. The predicted octanol–water partition coefficient (Wildman–Crippen LogP) is 21.0. The van der Waals surface area contributed by atoms with Crippen LogP contribution in [0.25, 0.3) is 0 Å². The zero-order chi connectivity index (χ0) is 53.6. The molecule has 0 aromatic heterocycles. The van der Waals surface area contributed by atoms with Crippen LogP contribution in [0.1, 0.15) is 284 Å². The first kappa shape index (κ1) is 70.1. The number of hydrogen-bond donors (Lipinski definition) is 0. The van der Waals surface area contributed by atoms with Crippen molar-refractivity contribution in [3.05, 3.63) is 109 Å². The number of hydrogen-bond acceptors (Lipinski definition) is 6. The van der Waals surface area contributed by atoms with Crippen molar-refractivity contribution in [2.45, 2.75) is 290 Å². The van der Waals surface area contributed by atoms with E-state index in [4.69, 9.17) is 14.2 Å². The molecule has 0 aliphatic carbocycles. The van der Waals surface area contributed by atoms with Crippen molar-refractivity contribution in [1.29, 1.82) is 0 Å². The lowest BCUT2D eigenvalue weighted by atomic mass is 10.0. The van der Waals surface area contributed by atoms with Crippen molar-refractivity contribution in [1.82, 2.24) is 0 Å². The first-order chi connectivity index (χ1) is 36.5. The molecular weight excluding hydrogens is 913 g/mol. The van der Waals surface area contributed by atoms with Gasteiger partial charge in [0.1, 0.15) is 13.2 Å². The second kappa shape index (κ2) is 61.6. The Labute approximate surface area is 457 Å². The zero-order valence-corrected chi connectivity index (χ0v) is 48.3. The first-order valence-electron chi connectivity index (χ1n) is 30.9. The lowest BCUT2D eigenvalue weighted by molar-refractivity contribution is -0.167. The van der Waals surface area contributed by atoms with Crippen LogP contribution in [-0.2, 0) is 28.6 Å². The van der Waals surface area contributed by atoms with Gasteiger partial charge in [-0.25, -0.2) is 0 Å².